The third-order valence-corrected chi connectivity index (χ3v) is 5.21. The van der Waals surface area contributed by atoms with E-state index < -0.39 is 0 Å². The molecular weight excluding hydrogens is 366 g/mol. The lowest BCUT2D eigenvalue weighted by Gasteiger charge is -2.22. The maximum absolute atomic E-state index is 9.95. The minimum Gasteiger partial charge on any atom is -0.496 e. The van der Waals surface area contributed by atoms with E-state index in [1.807, 2.05) is 55.5 Å². The lowest BCUT2D eigenvalue weighted by Crippen LogP contribution is -2.26. The summed E-state index contributed by atoms with van der Waals surface area (Å²) >= 11 is 0. The van der Waals surface area contributed by atoms with Gasteiger partial charge in [-0.2, -0.15) is 0 Å². The number of hydrogen-bond donors (Lipinski definition) is 1. The number of ether oxygens (including phenoxy) is 2. The van der Waals surface area contributed by atoms with Crippen LogP contribution in [-0.2, 0) is 6.61 Å². The lowest BCUT2D eigenvalue weighted by molar-refractivity contribution is 0.214. The van der Waals surface area contributed by atoms with Crippen LogP contribution >= 0.6 is 0 Å². The van der Waals surface area contributed by atoms with Crippen molar-refractivity contribution in [1.82, 2.24) is 9.97 Å². The summed E-state index contributed by atoms with van der Waals surface area (Å²) in [5.41, 5.74) is 4.32. The van der Waals surface area contributed by atoms with Crippen molar-refractivity contribution in [1.29, 1.82) is 0 Å². The third-order valence-electron chi connectivity index (χ3n) is 5.21. The number of nitrogens with zero attached hydrogens (tertiary/aromatic N) is 3. The SMILES string of the molecule is COc1ccccc1-c1ccc(N2CC[C@H](Oc3ncccc3C)C2)c(CO)n1. The quantitative estimate of drug-likeness (QED) is 0.692. The molecule has 0 spiro atoms. The molecule has 1 fully saturated rings. The van der Waals surface area contributed by atoms with Crippen LogP contribution in [0.1, 0.15) is 17.7 Å². The van der Waals surface area contributed by atoms with Crippen molar-refractivity contribution < 1.29 is 14.6 Å². The van der Waals surface area contributed by atoms with Gasteiger partial charge in [-0.25, -0.2) is 9.97 Å². The molecule has 0 amide bonds. The number of pyridine rings is 2. The minimum absolute atomic E-state index is 0.0593. The highest BCUT2D eigenvalue weighted by atomic mass is 16.5. The summed E-state index contributed by atoms with van der Waals surface area (Å²) in [6.07, 6.45) is 2.71. The first kappa shape index (κ1) is 19.2. The second kappa shape index (κ2) is 8.49. The number of aliphatic hydroxyl groups is 1. The van der Waals surface area contributed by atoms with Crippen LogP contribution in [0.15, 0.2) is 54.7 Å². The standard InChI is InChI=1S/C23H25N3O3/c1-16-6-5-12-24-23(16)29-17-11-13-26(14-17)21-10-9-19(25-20(21)15-27)18-7-3-4-8-22(18)28-2/h3-10,12,17,27H,11,13-15H2,1-2H3/t17-/m0/s1. The Morgan fingerprint density at radius 1 is 1.14 bits per heavy atom. The Labute approximate surface area is 170 Å². The molecule has 0 aliphatic carbocycles. The van der Waals surface area contributed by atoms with E-state index in [-0.39, 0.29) is 12.7 Å². The van der Waals surface area contributed by atoms with Crippen LogP contribution < -0.4 is 14.4 Å². The monoisotopic (exact) mass is 391 g/mol. The Hall–Kier alpha value is -3.12. The van der Waals surface area contributed by atoms with Crippen LogP contribution in [0.25, 0.3) is 11.3 Å². The lowest BCUT2D eigenvalue weighted by atomic mass is 10.1. The predicted octanol–water partition coefficient (Wildman–Crippen LogP) is 3.61. The smallest absolute Gasteiger partial charge is 0.216 e. The van der Waals surface area contributed by atoms with E-state index in [1.54, 1.807) is 13.3 Å². The molecule has 1 aliphatic heterocycles. The van der Waals surface area contributed by atoms with Crippen LogP contribution in [0, 0.1) is 6.92 Å². The molecule has 3 heterocycles. The number of anilines is 1. The minimum atomic E-state index is -0.125. The fraction of sp³-hybridized carbons (Fsp3) is 0.304. The Bertz CT molecular complexity index is 993. The molecule has 150 valence electrons. The zero-order chi connectivity index (χ0) is 20.2. The molecule has 1 N–H and O–H groups in total. The van der Waals surface area contributed by atoms with Gasteiger partial charge >= 0.3 is 0 Å². The van der Waals surface area contributed by atoms with Gasteiger partial charge in [0.15, 0.2) is 0 Å². The normalized spacial score (nSPS) is 16.1. The van der Waals surface area contributed by atoms with Crippen LogP contribution in [-0.4, -0.2) is 41.4 Å². The highest BCUT2D eigenvalue weighted by Gasteiger charge is 2.27. The van der Waals surface area contributed by atoms with Crippen molar-refractivity contribution in [2.75, 3.05) is 25.1 Å². The predicted molar refractivity (Wildman–Crippen MR) is 112 cm³/mol. The van der Waals surface area contributed by atoms with Gasteiger partial charge in [-0.05, 0) is 37.3 Å². The summed E-state index contributed by atoms with van der Waals surface area (Å²) in [7, 11) is 1.65. The second-order valence-electron chi connectivity index (χ2n) is 7.12. The average Bonchev–Trinajstić information content (AvgIpc) is 3.23. The maximum atomic E-state index is 9.95. The number of aromatic nitrogens is 2. The number of aliphatic hydroxyl groups excluding tert-OH is 1. The Morgan fingerprint density at radius 3 is 2.79 bits per heavy atom. The van der Waals surface area contributed by atoms with E-state index in [0.717, 1.165) is 47.8 Å². The molecule has 2 aromatic heterocycles. The molecule has 4 rings (SSSR count). The fourth-order valence-electron chi connectivity index (χ4n) is 3.70. The molecule has 1 saturated heterocycles. The van der Waals surface area contributed by atoms with Gasteiger partial charge in [0.2, 0.25) is 5.88 Å². The average molecular weight is 391 g/mol. The molecule has 1 aliphatic rings. The Morgan fingerprint density at radius 2 is 2.00 bits per heavy atom. The first-order valence-electron chi connectivity index (χ1n) is 9.77. The summed E-state index contributed by atoms with van der Waals surface area (Å²) in [4.78, 5) is 11.3. The zero-order valence-corrected chi connectivity index (χ0v) is 16.7. The molecule has 0 radical (unpaired) electrons. The number of hydrogen-bond acceptors (Lipinski definition) is 6. The van der Waals surface area contributed by atoms with Gasteiger partial charge in [0, 0.05) is 30.3 Å². The van der Waals surface area contributed by atoms with Crippen molar-refractivity contribution in [3.05, 3.63) is 66.0 Å². The van der Waals surface area contributed by atoms with Gasteiger partial charge in [0.05, 0.1) is 37.3 Å². The van der Waals surface area contributed by atoms with Crippen molar-refractivity contribution in [3.63, 3.8) is 0 Å². The van der Waals surface area contributed by atoms with Crippen molar-refractivity contribution >= 4 is 5.69 Å². The molecule has 0 saturated carbocycles. The van der Waals surface area contributed by atoms with Gasteiger partial charge in [-0.3, -0.25) is 0 Å². The molecule has 1 atom stereocenters. The molecule has 1 aromatic carbocycles. The number of methoxy groups -OCH3 is 1. The third kappa shape index (κ3) is 4.03. The van der Waals surface area contributed by atoms with Crippen molar-refractivity contribution in [3.8, 4) is 22.9 Å². The summed E-state index contributed by atoms with van der Waals surface area (Å²) in [6, 6.07) is 15.7. The van der Waals surface area contributed by atoms with Crippen LogP contribution in [0.3, 0.4) is 0 Å². The highest BCUT2D eigenvalue weighted by Crippen LogP contribution is 2.32. The van der Waals surface area contributed by atoms with Gasteiger partial charge in [-0.1, -0.05) is 18.2 Å². The summed E-state index contributed by atoms with van der Waals surface area (Å²) in [5, 5.41) is 9.95. The van der Waals surface area contributed by atoms with Gasteiger partial charge < -0.3 is 19.5 Å². The highest BCUT2D eigenvalue weighted by molar-refractivity contribution is 5.69. The summed E-state index contributed by atoms with van der Waals surface area (Å²) in [6.45, 7) is 3.46. The molecule has 3 aromatic rings. The summed E-state index contributed by atoms with van der Waals surface area (Å²) in [5.74, 6) is 1.45. The zero-order valence-electron chi connectivity index (χ0n) is 16.7. The number of rotatable bonds is 6. The van der Waals surface area contributed by atoms with E-state index >= 15 is 0 Å². The molecule has 6 heteroatoms. The van der Waals surface area contributed by atoms with E-state index in [0.29, 0.717) is 11.6 Å². The van der Waals surface area contributed by atoms with Gasteiger partial charge in [-0.15, -0.1) is 0 Å². The topological polar surface area (TPSA) is 67.7 Å². The van der Waals surface area contributed by atoms with Crippen molar-refractivity contribution in [2.24, 2.45) is 0 Å². The number of aryl methyl sites for hydroxylation is 1. The van der Waals surface area contributed by atoms with E-state index in [4.69, 9.17) is 14.5 Å². The second-order valence-corrected chi connectivity index (χ2v) is 7.12. The molecular formula is C23H25N3O3. The molecule has 0 unspecified atom stereocenters. The Balaban J connectivity index is 1.54. The molecule has 29 heavy (non-hydrogen) atoms. The van der Waals surface area contributed by atoms with E-state index in [1.165, 1.54) is 0 Å². The van der Waals surface area contributed by atoms with Crippen molar-refractivity contribution in [2.45, 2.75) is 26.1 Å². The van der Waals surface area contributed by atoms with Crippen LogP contribution in [0.2, 0.25) is 0 Å². The van der Waals surface area contributed by atoms with Gasteiger partial charge in [0.1, 0.15) is 11.9 Å². The van der Waals surface area contributed by atoms with E-state index in [9.17, 15) is 5.11 Å². The van der Waals surface area contributed by atoms with Gasteiger partial charge in [0.25, 0.3) is 0 Å². The van der Waals surface area contributed by atoms with Crippen LogP contribution in [0.5, 0.6) is 11.6 Å². The summed E-state index contributed by atoms with van der Waals surface area (Å²) < 4.78 is 11.6. The molecule has 6 nitrogen and oxygen atoms in total. The largest absolute Gasteiger partial charge is 0.496 e. The first-order chi connectivity index (χ1) is 14.2. The number of benzene rings is 1. The van der Waals surface area contributed by atoms with Crippen LogP contribution in [0.4, 0.5) is 5.69 Å². The Kier molecular flexibility index (Phi) is 5.62. The first-order valence-corrected chi connectivity index (χ1v) is 9.77. The number of para-hydroxylation sites is 1. The fourth-order valence-corrected chi connectivity index (χ4v) is 3.70. The van der Waals surface area contributed by atoms with E-state index in [2.05, 4.69) is 9.88 Å². The molecule has 0 bridgehead atoms. The maximum Gasteiger partial charge on any atom is 0.216 e.